The minimum absolute atomic E-state index is 0.00891. The quantitative estimate of drug-likeness (QED) is 0.621. The van der Waals surface area contributed by atoms with E-state index in [0.717, 1.165) is 16.9 Å². The molecule has 1 amide bonds. The van der Waals surface area contributed by atoms with Gasteiger partial charge in [-0.3, -0.25) is 4.79 Å². The molecule has 0 saturated carbocycles. The van der Waals surface area contributed by atoms with Crippen molar-refractivity contribution in [3.05, 3.63) is 95.1 Å². The van der Waals surface area contributed by atoms with Gasteiger partial charge >= 0.3 is 5.97 Å². The van der Waals surface area contributed by atoms with E-state index in [9.17, 15) is 14.7 Å². The van der Waals surface area contributed by atoms with Crippen molar-refractivity contribution in [3.8, 4) is 11.5 Å². The van der Waals surface area contributed by atoms with Crippen molar-refractivity contribution in [2.75, 3.05) is 13.3 Å². The Hall–Kier alpha value is -3.80. The number of carbonyl (C=O) groups is 2. The van der Waals surface area contributed by atoms with E-state index >= 15 is 0 Å². The molecule has 152 valence electrons. The first-order valence-electron chi connectivity index (χ1n) is 9.68. The summed E-state index contributed by atoms with van der Waals surface area (Å²) >= 11 is 0. The molecule has 0 radical (unpaired) electrons. The van der Waals surface area contributed by atoms with Crippen molar-refractivity contribution >= 4 is 11.9 Å². The van der Waals surface area contributed by atoms with Gasteiger partial charge in [-0.05, 0) is 41.8 Å². The van der Waals surface area contributed by atoms with Crippen LogP contribution in [0.1, 0.15) is 44.2 Å². The van der Waals surface area contributed by atoms with Crippen LogP contribution in [-0.4, -0.2) is 30.3 Å². The van der Waals surface area contributed by atoms with E-state index in [4.69, 9.17) is 9.47 Å². The van der Waals surface area contributed by atoms with Crippen molar-refractivity contribution in [2.45, 2.75) is 12.3 Å². The molecule has 0 saturated heterocycles. The van der Waals surface area contributed by atoms with Gasteiger partial charge in [0.2, 0.25) is 6.79 Å². The van der Waals surface area contributed by atoms with Gasteiger partial charge < -0.3 is 19.9 Å². The van der Waals surface area contributed by atoms with E-state index in [1.54, 1.807) is 12.1 Å². The van der Waals surface area contributed by atoms with Crippen molar-refractivity contribution < 1.29 is 24.2 Å². The summed E-state index contributed by atoms with van der Waals surface area (Å²) in [5, 5.41) is 12.2. The van der Waals surface area contributed by atoms with Crippen molar-refractivity contribution in [1.82, 2.24) is 5.32 Å². The third kappa shape index (κ3) is 4.12. The lowest BCUT2D eigenvalue weighted by atomic mass is 9.88. The molecule has 0 aliphatic carbocycles. The first kappa shape index (κ1) is 19.5. The second-order valence-electron chi connectivity index (χ2n) is 6.97. The fraction of sp³-hybridized carbons (Fsp3) is 0.167. The Morgan fingerprint density at radius 1 is 0.867 bits per heavy atom. The summed E-state index contributed by atoms with van der Waals surface area (Å²) in [5.41, 5.74) is 2.33. The van der Waals surface area contributed by atoms with Crippen molar-refractivity contribution in [2.24, 2.45) is 0 Å². The van der Waals surface area contributed by atoms with E-state index in [2.05, 4.69) is 17.4 Å². The molecule has 1 aliphatic heterocycles. The molecular formula is C24H21NO5. The molecule has 1 unspecified atom stereocenters. The highest BCUT2D eigenvalue weighted by Gasteiger charge is 2.20. The SMILES string of the molecule is O=C(O)c1ccccc1C(=O)NCCC(c1ccccc1)c1ccc2c(c1)OCO2. The third-order valence-electron chi connectivity index (χ3n) is 5.12. The fourth-order valence-corrected chi connectivity index (χ4v) is 3.63. The summed E-state index contributed by atoms with van der Waals surface area (Å²) in [6.07, 6.45) is 0.643. The van der Waals surface area contributed by atoms with Gasteiger partial charge in [0.25, 0.3) is 5.91 Å². The summed E-state index contributed by atoms with van der Waals surface area (Å²) in [6, 6.07) is 22.1. The van der Waals surface area contributed by atoms with Gasteiger partial charge in [-0.1, -0.05) is 48.5 Å². The Kier molecular flexibility index (Phi) is 5.66. The van der Waals surface area contributed by atoms with Crippen LogP contribution < -0.4 is 14.8 Å². The Labute approximate surface area is 174 Å². The number of carboxylic acid groups (broad SMARTS) is 1. The van der Waals surface area contributed by atoms with Crippen LogP contribution in [0.2, 0.25) is 0 Å². The molecule has 1 aliphatic rings. The molecule has 0 aromatic heterocycles. The number of carboxylic acids is 1. The third-order valence-corrected chi connectivity index (χ3v) is 5.12. The summed E-state index contributed by atoms with van der Waals surface area (Å²) in [4.78, 5) is 23.9. The summed E-state index contributed by atoms with van der Waals surface area (Å²) in [5.74, 6) is -0.0403. The highest BCUT2D eigenvalue weighted by atomic mass is 16.7. The predicted molar refractivity (Wildman–Crippen MR) is 111 cm³/mol. The van der Waals surface area contributed by atoms with E-state index in [0.29, 0.717) is 18.7 Å². The average molecular weight is 403 g/mol. The average Bonchev–Trinajstić information content (AvgIpc) is 3.25. The number of fused-ring (bicyclic) bond motifs is 1. The molecule has 1 atom stereocenters. The molecule has 6 nitrogen and oxygen atoms in total. The highest BCUT2D eigenvalue weighted by molar-refractivity contribution is 6.04. The number of carbonyl (C=O) groups excluding carboxylic acids is 1. The van der Waals surface area contributed by atoms with E-state index < -0.39 is 11.9 Å². The predicted octanol–water partition coefficient (Wildman–Crippen LogP) is 4.07. The van der Waals surface area contributed by atoms with Crippen LogP contribution in [-0.2, 0) is 0 Å². The molecule has 30 heavy (non-hydrogen) atoms. The van der Waals surface area contributed by atoms with E-state index in [1.807, 2.05) is 36.4 Å². The lowest BCUT2D eigenvalue weighted by molar-refractivity contribution is 0.0691. The molecule has 0 bridgehead atoms. The van der Waals surface area contributed by atoms with Gasteiger partial charge in [0, 0.05) is 12.5 Å². The number of benzene rings is 3. The monoisotopic (exact) mass is 403 g/mol. The van der Waals surface area contributed by atoms with Gasteiger partial charge in [-0.25, -0.2) is 4.79 Å². The number of hydrogen-bond acceptors (Lipinski definition) is 4. The largest absolute Gasteiger partial charge is 0.478 e. The summed E-state index contributed by atoms with van der Waals surface area (Å²) < 4.78 is 10.9. The van der Waals surface area contributed by atoms with Crippen LogP contribution in [0.15, 0.2) is 72.8 Å². The Bertz CT molecular complexity index is 1060. The van der Waals surface area contributed by atoms with E-state index in [1.165, 1.54) is 12.1 Å². The molecule has 2 N–H and O–H groups in total. The smallest absolute Gasteiger partial charge is 0.336 e. The molecule has 0 fully saturated rings. The minimum Gasteiger partial charge on any atom is -0.478 e. The van der Waals surface area contributed by atoms with Crippen LogP contribution in [0.5, 0.6) is 11.5 Å². The second kappa shape index (κ2) is 8.69. The molecule has 4 rings (SSSR count). The number of amides is 1. The lowest BCUT2D eigenvalue weighted by Gasteiger charge is -2.19. The van der Waals surface area contributed by atoms with Crippen LogP contribution in [0.25, 0.3) is 0 Å². The first-order valence-corrected chi connectivity index (χ1v) is 9.68. The molecule has 3 aromatic rings. The Morgan fingerprint density at radius 2 is 1.57 bits per heavy atom. The number of hydrogen-bond donors (Lipinski definition) is 2. The van der Waals surface area contributed by atoms with E-state index in [-0.39, 0.29) is 23.8 Å². The van der Waals surface area contributed by atoms with Gasteiger partial charge in [0.15, 0.2) is 11.5 Å². The number of nitrogens with one attached hydrogen (secondary N) is 1. The lowest BCUT2D eigenvalue weighted by Crippen LogP contribution is -2.27. The van der Waals surface area contributed by atoms with Crippen LogP contribution >= 0.6 is 0 Å². The van der Waals surface area contributed by atoms with Crippen LogP contribution in [0.4, 0.5) is 0 Å². The van der Waals surface area contributed by atoms with Crippen molar-refractivity contribution in [1.29, 1.82) is 0 Å². The minimum atomic E-state index is -1.12. The van der Waals surface area contributed by atoms with Gasteiger partial charge in [0.1, 0.15) is 0 Å². The van der Waals surface area contributed by atoms with Crippen LogP contribution in [0, 0.1) is 0 Å². The fourth-order valence-electron chi connectivity index (χ4n) is 3.63. The van der Waals surface area contributed by atoms with Gasteiger partial charge in [0.05, 0.1) is 11.1 Å². The number of aromatic carboxylic acids is 1. The van der Waals surface area contributed by atoms with Crippen molar-refractivity contribution in [3.63, 3.8) is 0 Å². The summed E-state index contributed by atoms with van der Waals surface area (Å²) in [7, 11) is 0. The second-order valence-corrected chi connectivity index (χ2v) is 6.97. The topological polar surface area (TPSA) is 84.9 Å². The standard InChI is InChI=1S/C24H21NO5/c26-23(19-8-4-5-9-20(19)24(27)28)25-13-12-18(16-6-2-1-3-7-16)17-10-11-21-22(14-17)30-15-29-21/h1-11,14,18H,12-13,15H2,(H,25,26)(H,27,28). The maximum atomic E-state index is 12.6. The molecule has 3 aromatic carbocycles. The van der Waals surface area contributed by atoms with Gasteiger partial charge in [-0.15, -0.1) is 0 Å². The maximum absolute atomic E-state index is 12.6. The summed E-state index contributed by atoms with van der Waals surface area (Å²) in [6.45, 7) is 0.606. The first-order chi connectivity index (χ1) is 14.6. The highest BCUT2D eigenvalue weighted by Crippen LogP contribution is 2.37. The molecule has 1 heterocycles. The zero-order valence-electron chi connectivity index (χ0n) is 16.2. The Morgan fingerprint density at radius 3 is 2.33 bits per heavy atom. The zero-order valence-corrected chi connectivity index (χ0v) is 16.2. The van der Waals surface area contributed by atoms with Gasteiger partial charge in [-0.2, -0.15) is 0 Å². The normalized spacial score (nSPS) is 12.9. The molecular weight excluding hydrogens is 382 g/mol. The molecule has 6 heteroatoms. The zero-order chi connectivity index (χ0) is 20.9. The van der Waals surface area contributed by atoms with Crippen LogP contribution in [0.3, 0.4) is 0 Å². The Balaban J connectivity index is 1.51. The molecule has 0 spiro atoms. The number of ether oxygens (including phenoxy) is 2. The number of rotatable bonds is 7. The maximum Gasteiger partial charge on any atom is 0.336 e.